The highest BCUT2D eigenvalue weighted by molar-refractivity contribution is 5.75. The minimum atomic E-state index is -1.66. The van der Waals surface area contributed by atoms with E-state index in [9.17, 15) is 14.7 Å². The van der Waals surface area contributed by atoms with Crippen LogP contribution in [0.15, 0.2) is 41.5 Å². The standard InChI is InChI=1S/C12H12N2O4/c1-13-6-7-14(12(13)18)9-5-3-2-4-8(9)10(15)11(16)17/h2-7,10,15H,1H3,(H,16,17). The molecule has 18 heavy (non-hydrogen) atoms. The number of para-hydroxylation sites is 1. The van der Waals surface area contributed by atoms with Crippen molar-refractivity contribution in [3.8, 4) is 5.69 Å². The fourth-order valence-corrected chi connectivity index (χ4v) is 1.72. The highest BCUT2D eigenvalue weighted by Crippen LogP contribution is 2.20. The zero-order valence-electron chi connectivity index (χ0n) is 9.65. The SMILES string of the molecule is Cn1ccn(-c2ccccc2C(O)C(=O)O)c1=O. The van der Waals surface area contributed by atoms with Crippen molar-refractivity contribution in [3.63, 3.8) is 0 Å². The average molecular weight is 248 g/mol. The van der Waals surface area contributed by atoms with E-state index in [1.165, 1.54) is 21.4 Å². The average Bonchev–Trinajstić information content (AvgIpc) is 2.69. The second kappa shape index (κ2) is 4.50. The van der Waals surface area contributed by atoms with Gasteiger partial charge in [-0.25, -0.2) is 9.59 Å². The topological polar surface area (TPSA) is 84.5 Å². The van der Waals surface area contributed by atoms with E-state index in [0.717, 1.165) is 0 Å². The van der Waals surface area contributed by atoms with Crippen molar-refractivity contribution in [1.82, 2.24) is 9.13 Å². The van der Waals surface area contributed by atoms with Crippen LogP contribution >= 0.6 is 0 Å². The number of hydrogen-bond donors (Lipinski definition) is 2. The number of benzene rings is 1. The first kappa shape index (κ1) is 12.1. The summed E-state index contributed by atoms with van der Waals surface area (Å²) in [6.45, 7) is 0. The monoisotopic (exact) mass is 248 g/mol. The van der Waals surface area contributed by atoms with Crippen molar-refractivity contribution >= 4 is 5.97 Å². The van der Waals surface area contributed by atoms with Crippen molar-refractivity contribution in [2.45, 2.75) is 6.10 Å². The lowest BCUT2D eigenvalue weighted by atomic mass is 10.1. The molecule has 0 amide bonds. The maximum atomic E-state index is 11.8. The molecule has 1 heterocycles. The number of carboxylic acids is 1. The van der Waals surface area contributed by atoms with Crippen LogP contribution in [0.3, 0.4) is 0 Å². The summed E-state index contributed by atoms with van der Waals surface area (Å²) in [5, 5.41) is 18.5. The van der Waals surface area contributed by atoms with E-state index in [2.05, 4.69) is 0 Å². The second-order valence-corrected chi connectivity index (χ2v) is 3.86. The molecule has 6 heteroatoms. The van der Waals surface area contributed by atoms with Crippen molar-refractivity contribution in [3.05, 3.63) is 52.7 Å². The van der Waals surface area contributed by atoms with Crippen LogP contribution in [0, 0.1) is 0 Å². The number of aromatic nitrogens is 2. The molecular weight excluding hydrogens is 236 g/mol. The molecule has 2 aromatic rings. The largest absolute Gasteiger partial charge is 0.479 e. The highest BCUT2D eigenvalue weighted by Gasteiger charge is 2.20. The number of imidazole rings is 1. The second-order valence-electron chi connectivity index (χ2n) is 3.86. The van der Waals surface area contributed by atoms with Gasteiger partial charge in [0, 0.05) is 25.0 Å². The first-order valence-electron chi connectivity index (χ1n) is 5.26. The third-order valence-electron chi connectivity index (χ3n) is 2.67. The van der Waals surface area contributed by atoms with Gasteiger partial charge in [0.05, 0.1) is 5.69 Å². The normalized spacial score (nSPS) is 12.3. The molecule has 0 radical (unpaired) electrons. The Morgan fingerprint density at radius 3 is 2.50 bits per heavy atom. The smallest absolute Gasteiger partial charge is 0.337 e. The number of carbonyl (C=O) groups is 1. The number of aliphatic hydroxyl groups excluding tert-OH is 1. The van der Waals surface area contributed by atoms with Crippen LogP contribution < -0.4 is 5.69 Å². The predicted molar refractivity (Wildman–Crippen MR) is 63.6 cm³/mol. The molecule has 0 saturated carbocycles. The number of aliphatic carboxylic acids is 1. The van der Waals surface area contributed by atoms with Gasteiger partial charge in [-0.15, -0.1) is 0 Å². The van der Waals surface area contributed by atoms with E-state index in [4.69, 9.17) is 5.11 Å². The van der Waals surface area contributed by atoms with Crippen LogP contribution in [0.25, 0.3) is 5.69 Å². The molecular formula is C12H12N2O4. The molecule has 6 nitrogen and oxygen atoms in total. The first-order valence-corrected chi connectivity index (χ1v) is 5.26. The van der Waals surface area contributed by atoms with Gasteiger partial charge in [0.2, 0.25) is 0 Å². The van der Waals surface area contributed by atoms with Gasteiger partial charge >= 0.3 is 11.7 Å². The van der Waals surface area contributed by atoms with Crippen LogP contribution in [0.5, 0.6) is 0 Å². The van der Waals surface area contributed by atoms with E-state index >= 15 is 0 Å². The molecule has 0 aliphatic rings. The maximum Gasteiger partial charge on any atom is 0.337 e. The molecule has 0 fully saturated rings. The van der Waals surface area contributed by atoms with E-state index < -0.39 is 12.1 Å². The Bertz CT molecular complexity index is 642. The summed E-state index contributed by atoms with van der Waals surface area (Å²) in [4.78, 5) is 22.6. The number of rotatable bonds is 3. The minimum absolute atomic E-state index is 0.179. The van der Waals surface area contributed by atoms with Crippen LogP contribution in [-0.2, 0) is 11.8 Å². The van der Waals surface area contributed by atoms with Gasteiger partial charge in [-0.2, -0.15) is 0 Å². The Labute approximate surface area is 102 Å². The van der Waals surface area contributed by atoms with Crippen LogP contribution in [-0.4, -0.2) is 25.3 Å². The van der Waals surface area contributed by atoms with Crippen molar-refractivity contribution in [2.75, 3.05) is 0 Å². The van der Waals surface area contributed by atoms with Crippen molar-refractivity contribution in [2.24, 2.45) is 7.05 Å². The molecule has 1 atom stereocenters. The summed E-state index contributed by atoms with van der Waals surface area (Å²) in [7, 11) is 1.59. The van der Waals surface area contributed by atoms with Crippen LogP contribution in [0.1, 0.15) is 11.7 Å². The zero-order valence-corrected chi connectivity index (χ0v) is 9.65. The lowest BCUT2D eigenvalue weighted by Gasteiger charge is -2.12. The van der Waals surface area contributed by atoms with Gasteiger partial charge < -0.3 is 14.8 Å². The van der Waals surface area contributed by atoms with E-state index in [0.29, 0.717) is 5.69 Å². The molecule has 1 aromatic heterocycles. The quantitative estimate of drug-likeness (QED) is 0.817. The van der Waals surface area contributed by atoms with E-state index in [1.807, 2.05) is 0 Å². The predicted octanol–water partition coefficient (Wildman–Crippen LogP) is 0.294. The van der Waals surface area contributed by atoms with E-state index in [-0.39, 0.29) is 11.3 Å². The summed E-state index contributed by atoms with van der Waals surface area (Å²) >= 11 is 0. The molecule has 0 bridgehead atoms. The minimum Gasteiger partial charge on any atom is -0.479 e. The summed E-state index contributed by atoms with van der Waals surface area (Å²) in [5.41, 5.74) is 0.233. The summed E-state index contributed by atoms with van der Waals surface area (Å²) in [5.74, 6) is -1.36. The van der Waals surface area contributed by atoms with Gasteiger partial charge in [0.15, 0.2) is 6.10 Å². The summed E-state index contributed by atoms with van der Waals surface area (Å²) in [6.07, 6.45) is 1.43. The van der Waals surface area contributed by atoms with Gasteiger partial charge in [0.1, 0.15) is 0 Å². The summed E-state index contributed by atoms with van der Waals surface area (Å²) < 4.78 is 2.66. The molecule has 0 aliphatic heterocycles. The molecule has 0 saturated heterocycles. The third-order valence-corrected chi connectivity index (χ3v) is 2.67. The zero-order chi connectivity index (χ0) is 13.3. The van der Waals surface area contributed by atoms with Crippen molar-refractivity contribution in [1.29, 1.82) is 0 Å². The van der Waals surface area contributed by atoms with E-state index in [1.54, 1.807) is 31.4 Å². The highest BCUT2D eigenvalue weighted by atomic mass is 16.4. The Kier molecular flexibility index (Phi) is 3.03. The first-order chi connectivity index (χ1) is 8.52. The van der Waals surface area contributed by atoms with Crippen LogP contribution in [0.2, 0.25) is 0 Å². The number of aryl methyl sites for hydroxylation is 1. The number of carboxylic acid groups (broad SMARTS) is 1. The van der Waals surface area contributed by atoms with Gasteiger partial charge in [-0.05, 0) is 6.07 Å². The molecule has 94 valence electrons. The Morgan fingerprint density at radius 2 is 1.94 bits per heavy atom. The third kappa shape index (κ3) is 1.93. The number of aliphatic hydroxyl groups is 1. The number of hydrogen-bond acceptors (Lipinski definition) is 3. The molecule has 2 rings (SSSR count). The van der Waals surface area contributed by atoms with Crippen molar-refractivity contribution < 1.29 is 15.0 Å². The lowest BCUT2D eigenvalue weighted by molar-refractivity contribution is -0.146. The molecule has 1 aromatic carbocycles. The molecule has 0 spiro atoms. The van der Waals surface area contributed by atoms with Gasteiger partial charge in [-0.3, -0.25) is 4.57 Å². The summed E-state index contributed by atoms with van der Waals surface area (Å²) in [6, 6.07) is 6.35. The fraction of sp³-hybridized carbons (Fsp3) is 0.167. The lowest BCUT2D eigenvalue weighted by Crippen LogP contribution is -2.23. The fourth-order valence-electron chi connectivity index (χ4n) is 1.72. The van der Waals surface area contributed by atoms with Gasteiger partial charge in [-0.1, -0.05) is 18.2 Å². The van der Waals surface area contributed by atoms with Gasteiger partial charge in [0.25, 0.3) is 0 Å². The Morgan fingerprint density at radius 1 is 1.28 bits per heavy atom. The molecule has 1 unspecified atom stereocenters. The Hall–Kier alpha value is -2.34. The number of nitrogens with zero attached hydrogens (tertiary/aromatic N) is 2. The maximum absolute atomic E-state index is 11.8. The molecule has 2 N–H and O–H groups in total. The van der Waals surface area contributed by atoms with Crippen LogP contribution in [0.4, 0.5) is 0 Å². The Balaban J connectivity index is 2.62. The molecule has 0 aliphatic carbocycles.